The molecule has 0 spiro atoms. The number of benzene rings is 1. The van der Waals surface area contributed by atoms with Crippen LogP contribution in [-0.2, 0) is 4.79 Å². The van der Waals surface area contributed by atoms with Crippen molar-refractivity contribution in [3.8, 4) is 0 Å². The van der Waals surface area contributed by atoms with Crippen LogP contribution in [0.2, 0.25) is 0 Å². The van der Waals surface area contributed by atoms with Crippen LogP contribution in [0.3, 0.4) is 0 Å². The van der Waals surface area contributed by atoms with E-state index in [1.54, 1.807) is 7.05 Å². The van der Waals surface area contributed by atoms with Crippen molar-refractivity contribution >= 4 is 34.2 Å². The second-order valence-electron chi connectivity index (χ2n) is 2.86. The van der Waals surface area contributed by atoms with Gasteiger partial charge in [-0.25, -0.2) is 0 Å². The van der Waals surface area contributed by atoms with Crippen LogP contribution in [0.4, 0.5) is 5.69 Å². The minimum Gasteiger partial charge on any atom is -0.384 e. The number of amides is 1. The van der Waals surface area contributed by atoms with Gasteiger partial charge in [-0.05, 0) is 40.8 Å². The first-order chi connectivity index (χ1) is 6.72. The Morgan fingerprint density at radius 1 is 1.50 bits per heavy atom. The maximum absolute atomic E-state index is 10.9. The monoisotopic (exact) mass is 304 g/mol. The SMILES string of the molecule is CNC(=O)CCNc1cccc(I)c1. The molecule has 0 aliphatic heterocycles. The predicted octanol–water partition coefficient (Wildman–Crippen LogP) is 1.84. The summed E-state index contributed by atoms with van der Waals surface area (Å²) in [6, 6.07) is 8.06. The third-order valence-corrected chi connectivity index (χ3v) is 2.46. The lowest BCUT2D eigenvalue weighted by atomic mass is 10.3. The van der Waals surface area contributed by atoms with Crippen molar-refractivity contribution in [3.05, 3.63) is 27.8 Å². The van der Waals surface area contributed by atoms with Gasteiger partial charge >= 0.3 is 0 Å². The van der Waals surface area contributed by atoms with Crippen LogP contribution < -0.4 is 10.6 Å². The average molecular weight is 304 g/mol. The van der Waals surface area contributed by atoms with E-state index >= 15 is 0 Å². The van der Waals surface area contributed by atoms with Gasteiger partial charge in [0.05, 0.1) is 0 Å². The first kappa shape index (κ1) is 11.3. The maximum atomic E-state index is 10.9. The molecular formula is C10H13IN2O. The second-order valence-corrected chi connectivity index (χ2v) is 4.11. The third-order valence-electron chi connectivity index (χ3n) is 1.78. The fourth-order valence-corrected chi connectivity index (χ4v) is 1.59. The lowest BCUT2D eigenvalue weighted by molar-refractivity contribution is -0.120. The lowest BCUT2D eigenvalue weighted by Gasteiger charge is -2.05. The van der Waals surface area contributed by atoms with Crippen molar-refractivity contribution in [2.45, 2.75) is 6.42 Å². The van der Waals surface area contributed by atoms with Gasteiger partial charge < -0.3 is 10.6 Å². The van der Waals surface area contributed by atoms with Crippen LogP contribution in [0.25, 0.3) is 0 Å². The molecule has 76 valence electrons. The number of hydrogen-bond donors (Lipinski definition) is 2. The van der Waals surface area contributed by atoms with Gasteiger partial charge in [0.25, 0.3) is 0 Å². The Bertz CT molecular complexity index is 315. The standard InChI is InChI=1S/C10H13IN2O/c1-12-10(14)5-6-13-9-4-2-3-8(11)7-9/h2-4,7,13H,5-6H2,1H3,(H,12,14). The van der Waals surface area contributed by atoms with Crippen LogP contribution in [0.5, 0.6) is 0 Å². The Labute approximate surface area is 97.4 Å². The molecule has 0 aliphatic carbocycles. The molecule has 0 bridgehead atoms. The van der Waals surface area contributed by atoms with Gasteiger partial charge in [-0.2, -0.15) is 0 Å². The zero-order valence-electron chi connectivity index (χ0n) is 8.01. The van der Waals surface area contributed by atoms with Crippen molar-refractivity contribution in [1.29, 1.82) is 0 Å². The molecule has 0 fully saturated rings. The summed E-state index contributed by atoms with van der Waals surface area (Å²) in [5.74, 6) is 0.0585. The summed E-state index contributed by atoms with van der Waals surface area (Å²) in [5.41, 5.74) is 1.06. The molecule has 0 radical (unpaired) electrons. The molecule has 1 aromatic carbocycles. The summed E-state index contributed by atoms with van der Waals surface area (Å²) >= 11 is 2.26. The summed E-state index contributed by atoms with van der Waals surface area (Å²) in [6.07, 6.45) is 0.502. The minimum absolute atomic E-state index is 0.0585. The highest BCUT2D eigenvalue weighted by molar-refractivity contribution is 14.1. The Kier molecular flexibility index (Phi) is 4.72. The summed E-state index contributed by atoms with van der Waals surface area (Å²) < 4.78 is 1.19. The Morgan fingerprint density at radius 2 is 2.29 bits per heavy atom. The van der Waals surface area contributed by atoms with E-state index in [1.807, 2.05) is 24.3 Å². The van der Waals surface area contributed by atoms with Crippen LogP contribution in [0.15, 0.2) is 24.3 Å². The average Bonchev–Trinajstić information content (AvgIpc) is 2.17. The molecule has 14 heavy (non-hydrogen) atoms. The molecule has 3 nitrogen and oxygen atoms in total. The highest BCUT2D eigenvalue weighted by atomic mass is 127. The number of rotatable bonds is 4. The molecule has 4 heteroatoms. The van der Waals surface area contributed by atoms with Gasteiger partial charge in [-0.15, -0.1) is 0 Å². The van der Waals surface area contributed by atoms with Crippen molar-refractivity contribution in [3.63, 3.8) is 0 Å². The van der Waals surface area contributed by atoms with Gasteiger partial charge in [0.15, 0.2) is 0 Å². The van der Waals surface area contributed by atoms with Crippen LogP contribution >= 0.6 is 22.6 Å². The van der Waals surface area contributed by atoms with Crippen molar-refractivity contribution in [1.82, 2.24) is 5.32 Å². The topological polar surface area (TPSA) is 41.1 Å². The summed E-state index contributed by atoms with van der Waals surface area (Å²) in [5, 5.41) is 5.77. The van der Waals surface area contributed by atoms with Crippen molar-refractivity contribution in [2.75, 3.05) is 18.9 Å². The molecule has 1 amide bonds. The predicted molar refractivity (Wildman–Crippen MR) is 66.3 cm³/mol. The van der Waals surface area contributed by atoms with E-state index in [0.29, 0.717) is 13.0 Å². The van der Waals surface area contributed by atoms with E-state index in [9.17, 15) is 4.79 Å². The number of nitrogens with one attached hydrogen (secondary N) is 2. The van der Waals surface area contributed by atoms with Gasteiger partial charge in [0.1, 0.15) is 0 Å². The summed E-state index contributed by atoms with van der Waals surface area (Å²) in [7, 11) is 1.65. The fourth-order valence-electron chi connectivity index (χ4n) is 1.04. The smallest absolute Gasteiger partial charge is 0.221 e. The van der Waals surface area contributed by atoms with E-state index in [4.69, 9.17) is 0 Å². The van der Waals surface area contributed by atoms with E-state index in [0.717, 1.165) is 5.69 Å². The van der Waals surface area contributed by atoms with Crippen molar-refractivity contribution in [2.24, 2.45) is 0 Å². The van der Waals surface area contributed by atoms with Gasteiger partial charge in [0, 0.05) is 29.3 Å². The molecule has 0 atom stereocenters. The van der Waals surface area contributed by atoms with E-state index < -0.39 is 0 Å². The molecule has 0 saturated carbocycles. The highest BCUT2D eigenvalue weighted by Crippen LogP contribution is 2.11. The first-order valence-corrected chi connectivity index (χ1v) is 5.50. The van der Waals surface area contributed by atoms with Gasteiger partial charge in [-0.3, -0.25) is 4.79 Å². The van der Waals surface area contributed by atoms with Gasteiger partial charge in [-0.1, -0.05) is 6.07 Å². The second kappa shape index (κ2) is 5.85. The van der Waals surface area contributed by atoms with Gasteiger partial charge in [0.2, 0.25) is 5.91 Å². The maximum Gasteiger partial charge on any atom is 0.221 e. The molecule has 0 heterocycles. The zero-order chi connectivity index (χ0) is 10.4. The Balaban J connectivity index is 2.35. The van der Waals surface area contributed by atoms with Crippen LogP contribution in [0.1, 0.15) is 6.42 Å². The zero-order valence-corrected chi connectivity index (χ0v) is 10.2. The normalized spacial score (nSPS) is 9.57. The fraction of sp³-hybridized carbons (Fsp3) is 0.300. The summed E-state index contributed by atoms with van der Waals surface area (Å²) in [6.45, 7) is 0.666. The quantitative estimate of drug-likeness (QED) is 0.834. The van der Waals surface area contributed by atoms with E-state index in [1.165, 1.54) is 3.57 Å². The Hall–Kier alpha value is -0.780. The number of hydrogen-bond acceptors (Lipinski definition) is 2. The molecule has 2 N–H and O–H groups in total. The number of carbonyl (C=O) groups excluding carboxylic acids is 1. The molecule has 0 unspecified atom stereocenters. The minimum atomic E-state index is 0.0585. The van der Waals surface area contributed by atoms with E-state index in [2.05, 4.69) is 33.2 Å². The Morgan fingerprint density at radius 3 is 2.93 bits per heavy atom. The number of halogens is 1. The first-order valence-electron chi connectivity index (χ1n) is 4.42. The van der Waals surface area contributed by atoms with E-state index in [-0.39, 0.29) is 5.91 Å². The molecule has 0 saturated heterocycles. The van der Waals surface area contributed by atoms with Crippen LogP contribution in [0, 0.1) is 3.57 Å². The number of carbonyl (C=O) groups is 1. The van der Waals surface area contributed by atoms with Crippen LogP contribution in [-0.4, -0.2) is 19.5 Å². The summed E-state index contributed by atoms with van der Waals surface area (Å²) in [4.78, 5) is 10.9. The molecule has 1 rings (SSSR count). The number of anilines is 1. The largest absolute Gasteiger partial charge is 0.384 e. The molecule has 0 aromatic heterocycles. The highest BCUT2D eigenvalue weighted by Gasteiger charge is 1.97. The molecule has 1 aromatic rings. The third kappa shape index (κ3) is 3.95. The lowest BCUT2D eigenvalue weighted by Crippen LogP contribution is -2.20. The molecule has 0 aliphatic rings. The molecular weight excluding hydrogens is 291 g/mol. The van der Waals surface area contributed by atoms with Crippen molar-refractivity contribution < 1.29 is 4.79 Å².